The number of aliphatic hydroxyl groups excluding tert-OH is 1. The first-order valence-corrected chi connectivity index (χ1v) is 5.54. The molecule has 17 heavy (non-hydrogen) atoms. The van der Waals surface area contributed by atoms with Crippen LogP contribution < -0.4 is 0 Å². The number of halogens is 2. The van der Waals surface area contributed by atoms with Crippen LogP contribution in [0.3, 0.4) is 0 Å². The number of rotatable bonds is 3. The number of aryl methyl sites for hydroxylation is 1. The van der Waals surface area contributed by atoms with Crippen LogP contribution in [0, 0.1) is 5.82 Å². The van der Waals surface area contributed by atoms with Crippen LogP contribution in [0.2, 0.25) is 5.02 Å². The molecule has 0 saturated carbocycles. The van der Waals surface area contributed by atoms with Crippen LogP contribution in [0.4, 0.5) is 4.39 Å². The summed E-state index contributed by atoms with van der Waals surface area (Å²) >= 11 is 5.59. The van der Waals surface area contributed by atoms with Crippen LogP contribution in [-0.4, -0.2) is 14.9 Å². The molecule has 2 rings (SSSR count). The summed E-state index contributed by atoms with van der Waals surface area (Å²) in [5.41, 5.74) is 1.41. The minimum atomic E-state index is -0.690. The van der Waals surface area contributed by atoms with E-state index in [2.05, 4.69) is 5.10 Å². The van der Waals surface area contributed by atoms with Gasteiger partial charge in [-0.05, 0) is 17.7 Å². The molecular formula is C12H12ClFN2O. The molecule has 0 radical (unpaired) electrons. The maximum Gasteiger partial charge on any atom is 0.142 e. The quantitative estimate of drug-likeness (QED) is 0.914. The van der Waals surface area contributed by atoms with Crippen LogP contribution in [0.5, 0.6) is 0 Å². The molecule has 1 atom stereocenters. The van der Waals surface area contributed by atoms with Gasteiger partial charge in [0.2, 0.25) is 0 Å². The summed E-state index contributed by atoms with van der Waals surface area (Å²) in [6.07, 6.45) is 2.97. The Hall–Kier alpha value is -1.39. The number of benzene rings is 1. The zero-order valence-corrected chi connectivity index (χ0v) is 10.0. The highest BCUT2D eigenvalue weighted by Crippen LogP contribution is 2.21. The van der Waals surface area contributed by atoms with Crippen LogP contribution in [-0.2, 0) is 13.5 Å². The highest BCUT2D eigenvalue weighted by atomic mass is 35.5. The van der Waals surface area contributed by atoms with Crippen molar-refractivity contribution in [2.75, 3.05) is 0 Å². The van der Waals surface area contributed by atoms with E-state index in [-0.39, 0.29) is 5.02 Å². The summed E-state index contributed by atoms with van der Waals surface area (Å²) in [5.74, 6) is -0.470. The molecule has 0 fully saturated rings. The van der Waals surface area contributed by atoms with Crippen molar-refractivity contribution in [3.63, 3.8) is 0 Å². The van der Waals surface area contributed by atoms with E-state index in [9.17, 15) is 9.50 Å². The summed E-state index contributed by atoms with van der Waals surface area (Å²) in [6, 6.07) is 4.52. The number of hydrogen-bond acceptors (Lipinski definition) is 2. The van der Waals surface area contributed by atoms with Crippen molar-refractivity contribution in [2.24, 2.45) is 7.05 Å². The lowest BCUT2D eigenvalue weighted by Crippen LogP contribution is -2.01. The number of aliphatic hydroxyl groups is 1. The molecule has 0 aliphatic carbocycles. The third kappa shape index (κ3) is 2.84. The van der Waals surface area contributed by atoms with E-state index in [0.717, 1.165) is 0 Å². The fourth-order valence-corrected chi connectivity index (χ4v) is 1.74. The Morgan fingerprint density at radius 2 is 2.29 bits per heavy atom. The Kier molecular flexibility index (Phi) is 3.45. The molecule has 0 aliphatic heterocycles. The van der Waals surface area contributed by atoms with E-state index < -0.39 is 11.9 Å². The normalized spacial score (nSPS) is 12.7. The molecule has 1 N–H and O–H groups in total. The second-order valence-corrected chi connectivity index (χ2v) is 4.32. The summed E-state index contributed by atoms with van der Waals surface area (Å²) in [6.45, 7) is 0. The van der Waals surface area contributed by atoms with Crippen molar-refractivity contribution in [1.82, 2.24) is 9.78 Å². The summed E-state index contributed by atoms with van der Waals surface area (Å²) < 4.78 is 14.8. The topological polar surface area (TPSA) is 38.0 Å². The molecule has 1 aromatic carbocycles. The number of nitrogens with zero attached hydrogens (tertiary/aromatic N) is 2. The second kappa shape index (κ2) is 4.85. The van der Waals surface area contributed by atoms with Crippen LogP contribution in [0.25, 0.3) is 0 Å². The number of hydrogen-bond donors (Lipinski definition) is 1. The predicted octanol–water partition coefficient (Wildman–Crippen LogP) is 2.49. The molecule has 5 heteroatoms. The van der Waals surface area contributed by atoms with Crippen LogP contribution in [0.15, 0.2) is 30.6 Å². The Morgan fingerprint density at radius 1 is 1.53 bits per heavy atom. The van der Waals surface area contributed by atoms with Gasteiger partial charge in [0.15, 0.2) is 0 Å². The van der Waals surface area contributed by atoms with Gasteiger partial charge in [0.1, 0.15) is 5.82 Å². The van der Waals surface area contributed by atoms with Crippen LogP contribution >= 0.6 is 11.6 Å². The lowest BCUT2D eigenvalue weighted by Gasteiger charge is -2.08. The fraction of sp³-hybridized carbons (Fsp3) is 0.250. The second-order valence-electron chi connectivity index (χ2n) is 3.92. The smallest absolute Gasteiger partial charge is 0.142 e. The molecule has 0 spiro atoms. The van der Waals surface area contributed by atoms with Gasteiger partial charge in [-0.25, -0.2) is 4.39 Å². The van der Waals surface area contributed by atoms with Crippen molar-refractivity contribution in [3.8, 4) is 0 Å². The van der Waals surface area contributed by atoms with Gasteiger partial charge < -0.3 is 5.11 Å². The van der Waals surface area contributed by atoms with E-state index in [0.29, 0.717) is 17.5 Å². The van der Waals surface area contributed by atoms with Gasteiger partial charge in [-0.15, -0.1) is 0 Å². The minimum Gasteiger partial charge on any atom is -0.388 e. The molecule has 1 aromatic heterocycles. The van der Waals surface area contributed by atoms with E-state index >= 15 is 0 Å². The SMILES string of the molecule is Cn1cc(C(O)Cc2ccc(Cl)c(F)c2)cn1. The minimum absolute atomic E-state index is 0.0876. The third-order valence-electron chi connectivity index (χ3n) is 2.52. The van der Waals surface area contributed by atoms with E-state index in [1.807, 2.05) is 0 Å². The Labute approximate surface area is 103 Å². The summed E-state index contributed by atoms with van der Waals surface area (Å²) in [5, 5.41) is 14.0. The summed E-state index contributed by atoms with van der Waals surface area (Å²) in [4.78, 5) is 0. The lowest BCUT2D eigenvalue weighted by atomic mass is 10.0. The molecule has 2 aromatic rings. The van der Waals surface area contributed by atoms with Gasteiger partial charge in [0.05, 0.1) is 17.3 Å². The Morgan fingerprint density at radius 3 is 2.88 bits per heavy atom. The van der Waals surface area contributed by atoms with Gasteiger partial charge in [-0.3, -0.25) is 4.68 Å². The molecule has 3 nitrogen and oxygen atoms in total. The zero-order valence-electron chi connectivity index (χ0n) is 9.27. The summed E-state index contributed by atoms with van der Waals surface area (Å²) in [7, 11) is 1.78. The van der Waals surface area contributed by atoms with Gasteiger partial charge in [0, 0.05) is 25.2 Å². The van der Waals surface area contributed by atoms with E-state index in [1.54, 1.807) is 30.2 Å². The van der Waals surface area contributed by atoms with E-state index in [1.165, 1.54) is 12.1 Å². The average molecular weight is 255 g/mol. The van der Waals surface area contributed by atoms with Crippen molar-refractivity contribution in [1.29, 1.82) is 0 Å². The van der Waals surface area contributed by atoms with Crippen molar-refractivity contribution >= 4 is 11.6 Å². The van der Waals surface area contributed by atoms with E-state index in [4.69, 9.17) is 11.6 Å². The molecule has 0 saturated heterocycles. The standard InChI is InChI=1S/C12H12ClFN2O/c1-16-7-9(6-15-16)12(17)5-8-2-3-10(13)11(14)4-8/h2-4,6-7,12,17H,5H2,1H3. The monoisotopic (exact) mass is 254 g/mol. The number of aromatic nitrogens is 2. The first kappa shape index (κ1) is 12.1. The van der Waals surface area contributed by atoms with Gasteiger partial charge in [0.25, 0.3) is 0 Å². The first-order chi connectivity index (χ1) is 8.06. The van der Waals surface area contributed by atoms with Gasteiger partial charge in [-0.1, -0.05) is 17.7 Å². The predicted molar refractivity (Wildman–Crippen MR) is 63.3 cm³/mol. The molecule has 0 aliphatic rings. The highest BCUT2D eigenvalue weighted by Gasteiger charge is 2.11. The molecule has 0 amide bonds. The molecule has 90 valence electrons. The molecule has 0 bridgehead atoms. The molecular weight excluding hydrogens is 243 g/mol. The Bertz CT molecular complexity index is 527. The maximum atomic E-state index is 13.2. The van der Waals surface area contributed by atoms with Crippen LogP contribution in [0.1, 0.15) is 17.2 Å². The van der Waals surface area contributed by atoms with Gasteiger partial charge >= 0.3 is 0 Å². The maximum absolute atomic E-state index is 13.2. The lowest BCUT2D eigenvalue weighted by molar-refractivity contribution is 0.178. The zero-order chi connectivity index (χ0) is 12.4. The molecule has 1 heterocycles. The highest BCUT2D eigenvalue weighted by molar-refractivity contribution is 6.30. The van der Waals surface area contributed by atoms with Crippen molar-refractivity contribution in [2.45, 2.75) is 12.5 Å². The fourth-order valence-electron chi connectivity index (χ4n) is 1.62. The van der Waals surface area contributed by atoms with Crippen molar-refractivity contribution < 1.29 is 9.50 Å². The van der Waals surface area contributed by atoms with Gasteiger partial charge in [-0.2, -0.15) is 5.10 Å². The molecule has 1 unspecified atom stereocenters. The largest absolute Gasteiger partial charge is 0.388 e. The Balaban J connectivity index is 2.12. The van der Waals surface area contributed by atoms with Crippen molar-refractivity contribution in [3.05, 3.63) is 52.6 Å². The average Bonchev–Trinajstić information content (AvgIpc) is 2.70. The third-order valence-corrected chi connectivity index (χ3v) is 2.83. The first-order valence-electron chi connectivity index (χ1n) is 5.17.